The van der Waals surface area contributed by atoms with Crippen LogP contribution >= 0.6 is 0 Å². The summed E-state index contributed by atoms with van der Waals surface area (Å²) in [5.41, 5.74) is 3.19. The van der Waals surface area contributed by atoms with E-state index < -0.39 is 0 Å². The van der Waals surface area contributed by atoms with Crippen LogP contribution in [0.4, 0.5) is 4.79 Å². The second kappa shape index (κ2) is 3.34. The maximum Gasteiger partial charge on any atom is 0.337 e. The second-order valence-electron chi connectivity index (χ2n) is 2.38. The Hall–Kier alpha value is -1.10. The van der Waals surface area contributed by atoms with Gasteiger partial charge in [0, 0.05) is 14.2 Å². The van der Waals surface area contributed by atoms with Gasteiger partial charge in [-0.05, 0) is 0 Å². The molecule has 1 rings (SSSR count). The molecule has 0 aliphatic carbocycles. The Morgan fingerprint density at radius 2 is 2.55 bits per heavy atom. The first-order valence-electron chi connectivity index (χ1n) is 3.29. The number of carbonyl (C=O) groups excluding carboxylic acids is 1. The Labute approximate surface area is 65.0 Å². The van der Waals surface area contributed by atoms with Crippen molar-refractivity contribution in [1.29, 1.82) is 0 Å². The summed E-state index contributed by atoms with van der Waals surface area (Å²) in [4.78, 5) is 12.4. The van der Waals surface area contributed by atoms with Gasteiger partial charge in [0.25, 0.3) is 0 Å². The topological polar surface area (TPSA) is 53.9 Å². The van der Waals surface area contributed by atoms with Crippen LogP contribution in [-0.4, -0.2) is 44.0 Å². The van der Waals surface area contributed by atoms with Gasteiger partial charge in [-0.15, -0.1) is 0 Å². The van der Waals surface area contributed by atoms with Crippen LogP contribution in [0.15, 0.2) is 5.10 Å². The number of rotatable bonds is 2. The number of ether oxygens (including phenoxy) is 1. The highest BCUT2D eigenvalue weighted by molar-refractivity contribution is 5.93. The molecule has 0 spiro atoms. The summed E-state index contributed by atoms with van der Waals surface area (Å²) in [7, 11) is 3.30. The van der Waals surface area contributed by atoms with Crippen LogP contribution in [0.25, 0.3) is 0 Å². The molecule has 0 aromatic carbocycles. The number of nitrogens with zero attached hydrogens (tertiary/aromatic N) is 2. The molecule has 0 fully saturated rings. The lowest BCUT2D eigenvalue weighted by atomic mass is 10.3. The summed E-state index contributed by atoms with van der Waals surface area (Å²) in [6, 6.07) is -0.176. The molecule has 1 aliphatic heterocycles. The molecule has 0 radical (unpaired) electrons. The predicted molar refractivity (Wildman–Crippen MR) is 40.5 cm³/mol. The number of hydrazone groups is 1. The largest absolute Gasteiger partial charge is 0.379 e. The third kappa shape index (κ3) is 1.91. The molecule has 0 aromatic heterocycles. The molecule has 0 atom stereocenters. The molecule has 62 valence electrons. The summed E-state index contributed by atoms with van der Waals surface area (Å²) in [5, 5.41) is 3.80. The van der Waals surface area contributed by atoms with Gasteiger partial charge in [0.2, 0.25) is 0 Å². The molecule has 0 saturated heterocycles. The van der Waals surface area contributed by atoms with Crippen molar-refractivity contribution in [1.82, 2.24) is 10.3 Å². The second-order valence-corrected chi connectivity index (χ2v) is 2.38. The molecule has 0 unspecified atom stereocenters. The smallest absolute Gasteiger partial charge is 0.337 e. The molecular weight excluding hydrogens is 146 g/mol. The highest BCUT2D eigenvalue weighted by atomic mass is 16.5. The van der Waals surface area contributed by atoms with Crippen molar-refractivity contribution >= 4 is 11.7 Å². The number of nitrogens with one attached hydrogen (secondary N) is 1. The molecule has 11 heavy (non-hydrogen) atoms. The van der Waals surface area contributed by atoms with Crippen LogP contribution in [0, 0.1) is 0 Å². The number of hydrogen-bond acceptors (Lipinski definition) is 3. The maximum atomic E-state index is 10.8. The van der Waals surface area contributed by atoms with E-state index in [0.717, 1.165) is 5.71 Å². The molecule has 1 aliphatic rings. The van der Waals surface area contributed by atoms with E-state index in [1.165, 1.54) is 0 Å². The monoisotopic (exact) mass is 157 g/mol. The predicted octanol–water partition coefficient (Wildman–Crippen LogP) is -0.356. The summed E-state index contributed by atoms with van der Waals surface area (Å²) in [5.74, 6) is 0. The van der Waals surface area contributed by atoms with Crippen molar-refractivity contribution in [2.75, 3.05) is 27.3 Å². The van der Waals surface area contributed by atoms with Crippen LogP contribution in [0.3, 0.4) is 0 Å². The lowest BCUT2D eigenvalue weighted by Gasteiger charge is -2.21. The third-order valence-electron chi connectivity index (χ3n) is 1.39. The summed E-state index contributed by atoms with van der Waals surface area (Å²) in [6.07, 6.45) is 0. The van der Waals surface area contributed by atoms with E-state index in [1.54, 1.807) is 19.1 Å². The van der Waals surface area contributed by atoms with Crippen molar-refractivity contribution in [3.63, 3.8) is 0 Å². The van der Waals surface area contributed by atoms with Crippen LogP contribution in [-0.2, 0) is 4.74 Å². The molecule has 0 saturated carbocycles. The van der Waals surface area contributed by atoms with E-state index in [0.29, 0.717) is 13.2 Å². The van der Waals surface area contributed by atoms with Gasteiger partial charge in [-0.25, -0.2) is 10.2 Å². The Morgan fingerprint density at radius 3 is 3.09 bits per heavy atom. The van der Waals surface area contributed by atoms with Gasteiger partial charge in [-0.1, -0.05) is 0 Å². The SMILES string of the molecule is COCC1=NNC(=O)N(C)C1. The minimum absolute atomic E-state index is 0.176. The van der Waals surface area contributed by atoms with E-state index in [4.69, 9.17) is 4.74 Å². The lowest BCUT2D eigenvalue weighted by molar-refractivity contribution is 0.206. The fourth-order valence-corrected chi connectivity index (χ4v) is 0.838. The number of hydrogen-bond donors (Lipinski definition) is 1. The van der Waals surface area contributed by atoms with Crippen LogP contribution < -0.4 is 5.43 Å². The minimum Gasteiger partial charge on any atom is -0.379 e. The Kier molecular flexibility index (Phi) is 2.43. The molecule has 1 heterocycles. The third-order valence-corrected chi connectivity index (χ3v) is 1.39. The first kappa shape index (κ1) is 8.00. The highest BCUT2D eigenvalue weighted by Crippen LogP contribution is 1.93. The molecule has 5 heteroatoms. The first-order chi connectivity index (χ1) is 5.24. The van der Waals surface area contributed by atoms with Crippen molar-refractivity contribution in [2.24, 2.45) is 5.10 Å². The van der Waals surface area contributed by atoms with Crippen LogP contribution in [0.1, 0.15) is 0 Å². The van der Waals surface area contributed by atoms with Crippen molar-refractivity contribution in [3.05, 3.63) is 0 Å². The normalized spacial score (nSPS) is 17.8. The van der Waals surface area contributed by atoms with Gasteiger partial charge >= 0.3 is 6.03 Å². The van der Waals surface area contributed by atoms with Gasteiger partial charge in [0.1, 0.15) is 0 Å². The zero-order chi connectivity index (χ0) is 8.27. The molecule has 0 bridgehead atoms. The maximum absolute atomic E-state index is 10.8. The van der Waals surface area contributed by atoms with Crippen molar-refractivity contribution in [2.45, 2.75) is 0 Å². The fourth-order valence-electron chi connectivity index (χ4n) is 0.838. The quantitative estimate of drug-likeness (QED) is 0.595. The molecule has 1 N–H and O–H groups in total. The summed E-state index contributed by atoms with van der Waals surface area (Å²) in [6.45, 7) is 1.00. The number of methoxy groups -OCH3 is 1. The zero-order valence-corrected chi connectivity index (χ0v) is 6.63. The molecule has 5 nitrogen and oxygen atoms in total. The molecule has 0 aromatic rings. The van der Waals surface area contributed by atoms with Gasteiger partial charge in [0.05, 0.1) is 18.9 Å². The molecule has 2 amide bonds. The van der Waals surface area contributed by atoms with Gasteiger partial charge < -0.3 is 9.64 Å². The van der Waals surface area contributed by atoms with E-state index >= 15 is 0 Å². The number of urea groups is 1. The van der Waals surface area contributed by atoms with Crippen molar-refractivity contribution in [3.8, 4) is 0 Å². The van der Waals surface area contributed by atoms with Gasteiger partial charge in [-0.3, -0.25) is 0 Å². The van der Waals surface area contributed by atoms with Crippen LogP contribution in [0.2, 0.25) is 0 Å². The number of carbonyl (C=O) groups is 1. The Bertz CT molecular complexity index is 190. The van der Waals surface area contributed by atoms with E-state index in [9.17, 15) is 4.79 Å². The standard InChI is InChI=1S/C6H11N3O2/c1-9-3-5(4-11-2)7-8-6(9)10/h3-4H2,1-2H3,(H,8,10). The molecular formula is C6H11N3O2. The summed E-state index contributed by atoms with van der Waals surface area (Å²) < 4.78 is 4.86. The number of amides is 2. The zero-order valence-electron chi connectivity index (χ0n) is 6.63. The summed E-state index contributed by atoms with van der Waals surface area (Å²) >= 11 is 0. The lowest BCUT2D eigenvalue weighted by Crippen LogP contribution is -2.44. The van der Waals surface area contributed by atoms with Crippen molar-refractivity contribution < 1.29 is 9.53 Å². The van der Waals surface area contributed by atoms with Gasteiger partial charge in [0.15, 0.2) is 0 Å². The first-order valence-corrected chi connectivity index (χ1v) is 3.29. The average Bonchev–Trinajstić information content (AvgIpc) is 1.98. The Balaban J connectivity index is 2.51. The fraction of sp³-hybridized carbons (Fsp3) is 0.667. The average molecular weight is 157 g/mol. The van der Waals surface area contributed by atoms with Crippen LogP contribution in [0.5, 0.6) is 0 Å². The minimum atomic E-state index is -0.176. The highest BCUT2D eigenvalue weighted by Gasteiger charge is 2.15. The van der Waals surface area contributed by atoms with E-state index in [-0.39, 0.29) is 6.03 Å². The van der Waals surface area contributed by atoms with E-state index in [2.05, 4.69) is 10.5 Å². The Morgan fingerprint density at radius 1 is 1.82 bits per heavy atom. The van der Waals surface area contributed by atoms with E-state index in [1.807, 2.05) is 0 Å². The van der Waals surface area contributed by atoms with Gasteiger partial charge in [-0.2, -0.15) is 5.10 Å².